The molecule has 1 aliphatic rings. The van der Waals surface area contributed by atoms with Crippen LogP contribution in [0.3, 0.4) is 0 Å². The molecule has 2 atom stereocenters. The van der Waals surface area contributed by atoms with Crippen LogP contribution in [0.2, 0.25) is 0 Å². The molecule has 0 spiro atoms. The number of thiocarbonyl (C=S) groups is 1. The number of pyridine rings is 1. The zero-order valence-corrected chi connectivity index (χ0v) is 17.6. The van der Waals surface area contributed by atoms with Crippen molar-refractivity contribution < 1.29 is 13.2 Å². The van der Waals surface area contributed by atoms with Crippen molar-refractivity contribution in [1.29, 1.82) is 0 Å². The lowest BCUT2D eigenvalue weighted by molar-refractivity contribution is -0.137. The van der Waals surface area contributed by atoms with Gasteiger partial charge < -0.3 is 14.8 Å². The van der Waals surface area contributed by atoms with E-state index in [2.05, 4.69) is 10.3 Å². The van der Waals surface area contributed by atoms with E-state index in [0.29, 0.717) is 10.8 Å². The van der Waals surface area contributed by atoms with E-state index in [1.165, 1.54) is 12.1 Å². The van der Waals surface area contributed by atoms with Gasteiger partial charge in [-0.1, -0.05) is 12.1 Å². The van der Waals surface area contributed by atoms with Gasteiger partial charge in [0.05, 0.1) is 23.3 Å². The van der Waals surface area contributed by atoms with E-state index in [-0.39, 0.29) is 12.1 Å². The van der Waals surface area contributed by atoms with Gasteiger partial charge in [0.15, 0.2) is 5.11 Å². The van der Waals surface area contributed by atoms with Crippen LogP contribution < -0.4 is 5.32 Å². The molecule has 1 saturated heterocycles. The average Bonchev–Trinajstić information content (AvgIpc) is 3.17. The van der Waals surface area contributed by atoms with Crippen molar-refractivity contribution in [3.63, 3.8) is 0 Å². The molecular weight excluding hydrogens is 409 g/mol. The summed E-state index contributed by atoms with van der Waals surface area (Å²) in [5.74, 6) is 0. The Labute approximate surface area is 178 Å². The summed E-state index contributed by atoms with van der Waals surface area (Å²) in [5.41, 5.74) is 3.40. The van der Waals surface area contributed by atoms with E-state index in [1.54, 1.807) is 12.3 Å². The molecule has 8 heteroatoms. The Morgan fingerprint density at radius 1 is 1.07 bits per heavy atom. The normalized spacial score (nSPS) is 19.3. The monoisotopic (exact) mass is 430 g/mol. The van der Waals surface area contributed by atoms with Gasteiger partial charge in [-0.15, -0.1) is 0 Å². The Kier molecular flexibility index (Phi) is 5.05. The first-order valence-corrected chi connectivity index (χ1v) is 9.90. The first-order valence-electron chi connectivity index (χ1n) is 9.49. The second kappa shape index (κ2) is 7.43. The van der Waals surface area contributed by atoms with Crippen molar-refractivity contribution in [2.24, 2.45) is 0 Å². The Bertz CT molecular complexity index is 1090. The van der Waals surface area contributed by atoms with Crippen molar-refractivity contribution in [2.45, 2.75) is 32.1 Å². The molecule has 1 aliphatic heterocycles. The van der Waals surface area contributed by atoms with Gasteiger partial charge in [0.2, 0.25) is 0 Å². The molecule has 3 heterocycles. The van der Waals surface area contributed by atoms with Crippen LogP contribution in [0.5, 0.6) is 0 Å². The minimum atomic E-state index is -4.39. The van der Waals surface area contributed by atoms with Crippen molar-refractivity contribution in [1.82, 2.24) is 19.8 Å². The summed E-state index contributed by atoms with van der Waals surface area (Å²) < 4.78 is 41.5. The molecule has 3 aromatic rings. The number of alkyl halides is 3. The highest BCUT2D eigenvalue weighted by Crippen LogP contribution is 2.40. The number of nitrogens with one attached hydrogen (secondary N) is 1. The quantitative estimate of drug-likeness (QED) is 0.586. The second-order valence-corrected chi connectivity index (χ2v) is 7.83. The minimum absolute atomic E-state index is 0.127. The largest absolute Gasteiger partial charge is 0.416 e. The van der Waals surface area contributed by atoms with E-state index >= 15 is 0 Å². The van der Waals surface area contributed by atoms with Gasteiger partial charge >= 0.3 is 6.18 Å². The predicted molar refractivity (Wildman–Crippen MR) is 113 cm³/mol. The number of benzene rings is 1. The second-order valence-electron chi connectivity index (χ2n) is 7.45. The first kappa shape index (κ1) is 20.4. The highest BCUT2D eigenvalue weighted by atomic mass is 32.1. The van der Waals surface area contributed by atoms with Gasteiger partial charge in [-0.05, 0) is 68.0 Å². The summed E-state index contributed by atoms with van der Waals surface area (Å²) in [6, 6.07) is 12.9. The third-order valence-electron chi connectivity index (χ3n) is 5.56. The Morgan fingerprint density at radius 3 is 2.50 bits per heavy atom. The first-order chi connectivity index (χ1) is 14.2. The maximum atomic E-state index is 13.2. The Balaban J connectivity index is 1.81. The minimum Gasteiger partial charge on any atom is -0.352 e. The molecule has 0 radical (unpaired) electrons. The molecule has 1 aromatic carbocycles. The fourth-order valence-electron chi connectivity index (χ4n) is 4.15. The van der Waals surface area contributed by atoms with Crippen molar-refractivity contribution >= 4 is 17.3 Å². The van der Waals surface area contributed by atoms with Crippen LogP contribution in [0, 0.1) is 13.8 Å². The van der Waals surface area contributed by atoms with Crippen LogP contribution in [-0.2, 0) is 6.18 Å². The van der Waals surface area contributed by atoms with Crippen LogP contribution in [0.1, 0.15) is 40.3 Å². The molecule has 4 nitrogen and oxygen atoms in total. The topological polar surface area (TPSA) is 33.1 Å². The molecule has 0 saturated carbocycles. The van der Waals surface area contributed by atoms with Gasteiger partial charge in [-0.2, -0.15) is 13.2 Å². The molecule has 4 rings (SSSR count). The van der Waals surface area contributed by atoms with E-state index in [4.69, 9.17) is 12.2 Å². The molecule has 30 heavy (non-hydrogen) atoms. The smallest absolute Gasteiger partial charge is 0.352 e. The lowest BCUT2D eigenvalue weighted by atomic mass is 9.97. The highest BCUT2D eigenvalue weighted by Gasteiger charge is 2.39. The highest BCUT2D eigenvalue weighted by molar-refractivity contribution is 7.80. The number of hydrogen-bond acceptors (Lipinski definition) is 2. The van der Waals surface area contributed by atoms with E-state index < -0.39 is 11.7 Å². The third-order valence-corrected chi connectivity index (χ3v) is 5.97. The SMILES string of the molecule is Cc1cc([C@H]2[C@H](c3ccccn3)NC(=S)N2C)c(C)n1-c1cccc(C(F)(F)F)c1. The summed E-state index contributed by atoms with van der Waals surface area (Å²) in [5, 5.41) is 3.94. The maximum Gasteiger partial charge on any atom is 0.416 e. The fourth-order valence-corrected chi connectivity index (χ4v) is 4.39. The number of rotatable bonds is 3. The van der Waals surface area contributed by atoms with Crippen LogP contribution in [0.15, 0.2) is 54.7 Å². The summed E-state index contributed by atoms with van der Waals surface area (Å²) in [6.45, 7) is 3.82. The van der Waals surface area contributed by atoms with Crippen molar-refractivity contribution in [2.75, 3.05) is 7.05 Å². The van der Waals surface area contributed by atoms with Crippen LogP contribution in [0.25, 0.3) is 5.69 Å². The molecule has 0 unspecified atom stereocenters. The maximum absolute atomic E-state index is 13.2. The van der Waals surface area contributed by atoms with Gasteiger partial charge in [0, 0.05) is 30.3 Å². The molecule has 0 aliphatic carbocycles. The molecule has 1 fully saturated rings. The number of hydrogen-bond donors (Lipinski definition) is 1. The predicted octanol–water partition coefficient (Wildman–Crippen LogP) is 5.11. The van der Waals surface area contributed by atoms with Gasteiger partial charge in [0.25, 0.3) is 0 Å². The fraction of sp³-hybridized carbons (Fsp3) is 0.273. The zero-order valence-electron chi connectivity index (χ0n) is 16.7. The van der Waals surface area contributed by atoms with Crippen molar-refractivity contribution in [3.8, 4) is 5.69 Å². The molecule has 2 aromatic heterocycles. The molecule has 1 N–H and O–H groups in total. The van der Waals surface area contributed by atoms with Crippen LogP contribution >= 0.6 is 12.2 Å². The Hall–Kier alpha value is -2.87. The lowest BCUT2D eigenvalue weighted by Crippen LogP contribution is -2.25. The van der Waals surface area contributed by atoms with Crippen LogP contribution in [-0.4, -0.2) is 26.6 Å². The van der Waals surface area contributed by atoms with Crippen molar-refractivity contribution in [3.05, 3.63) is 82.9 Å². The number of aromatic nitrogens is 2. The standard InChI is InChI=1S/C22H21F3N4S/c1-13-11-17(14(2)29(13)16-8-6-7-15(12-16)22(23,24)25)20-19(27-21(30)28(20)3)18-9-4-5-10-26-18/h4-12,19-20H,1-3H3,(H,27,30)/t19-,20-/m0/s1. The van der Waals surface area contributed by atoms with Gasteiger partial charge in [0.1, 0.15) is 0 Å². The van der Waals surface area contributed by atoms with Gasteiger partial charge in [-0.25, -0.2) is 0 Å². The number of nitrogens with zero attached hydrogens (tertiary/aromatic N) is 3. The third kappa shape index (κ3) is 3.45. The summed E-state index contributed by atoms with van der Waals surface area (Å²) in [6.07, 6.45) is -2.65. The number of likely N-dealkylation sites (N-methyl/N-ethyl adjacent to an activating group) is 1. The van der Waals surface area contributed by atoms with Crippen LogP contribution in [0.4, 0.5) is 13.2 Å². The molecule has 156 valence electrons. The number of halogens is 3. The Morgan fingerprint density at radius 2 is 1.83 bits per heavy atom. The zero-order chi connectivity index (χ0) is 21.6. The molecule has 0 amide bonds. The summed E-state index contributed by atoms with van der Waals surface area (Å²) in [4.78, 5) is 6.46. The summed E-state index contributed by atoms with van der Waals surface area (Å²) in [7, 11) is 1.92. The van der Waals surface area contributed by atoms with Gasteiger partial charge in [-0.3, -0.25) is 4.98 Å². The lowest BCUT2D eigenvalue weighted by Gasteiger charge is -2.24. The number of aryl methyl sites for hydroxylation is 1. The average molecular weight is 430 g/mol. The molecular formula is C22H21F3N4S. The summed E-state index contributed by atoms with van der Waals surface area (Å²) >= 11 is 5.49. The molecule has 0 bridgehead atoms. The van der Waals surface area contributed by atoms with E-state index in [1.807, 2.05) is 54.6 Å². The van der Waals surface area contributed by atoms with E-state index in [9.17, 15) is 13.2 Å². The van der Waals surface area contributed by atoms with E-state index in [0.717, 1.165) is 28.7 Å².